The molecule has 0 saturated heterocycles. The monoisotopic (exact) mass is 1200 g/mol. The lowest BCUT2D eigenvalue weighted by Gasteiger charge is -2.19. The highest BCUT2D eigenvalue weighted by Gasteiger charge is 2.17. The van der Waals surface area contributed by atoms with E-state index >= 15 is 0 Å². The van der Waals surface area contributed by atoms with E-state index in [2.05, 4.69) is 75.4 Å². The number of hydrogen-bond acceptors (Lipinski definition) is 15. The molecule has 86 heavy (non-hydrogen) atoms. The molecule has 10 aromatic heterocycles. The number of halogens is 7. The molecular weight excluding hydrogens is 1150 g/mol. The van der Waals surface area contributed by atoms with E-state index in [1.165, 1.54) is 86.5 Å². The number of alkyl carbamates (subject to hydrolysis) is 1. The Morgan fingerprint density at radius 1 is 0.593 bits per heavy atom. The molecule has 10 rings (SSSR count). The Balaban J connectivity index is 0.000000195. The third-order valence-electron chi connectivity index (χ3n) is 10.1. The molecule has 10 aromatic rings. The summed E-state index contributed by atoms with van der Waals surface area (Å²) in [4.78, 5) is 61.2. The molecular formula is C55H47ClF6N20O4. The Morgan fingerprint density at radius 3 is 1.31 bits per heavy atom. The van der Waals surface area contributed by atoms with Crippen molar-refractivity contribution in [2.75, 3.05) is 0 Å². The maximum absolute atomic E-state index is 12.5. The summed E-state index contributed by atoms with van der Waals surface area (Å²) in [5.41, 5.74) is 7.88. The van der Waals surface area contributed by atoms with Crippen LogP contribution in [-0.2, 0) is 17.8 Å². The summed E-state index contributed by atoms with van der Waals surface area (Å²) in [6.07, 6.45) is 7.94. The van der Waals surface area contributed by atoms with Gasteiger partial charge in [0.2, 0.25) is 17.1 Å². The maximum atomic E-state index is 12.5. The minimum Gasteiger partial charge on any atom is -0.444 e. The lowest BCUT2D eigenvalue weighted by atomic mass is 10.2. The zero-order valence-electron chi connectivity index (χ0n) is 45.2. The summed E-state index contributed by atoms with van der Waals surface area (Å²) in [7, 11) is 0. The zero-order chi connectivity index (χ0) is 62.6. The van der Waals surface area contributed by atoms with Crippen molar-refractivity contribution in [1.82, 2.24) is 79.6 Å². The Hall–Kier alpha value is -11.3. The average Bonchev–Trinajstić information content (AvgIpc) is 3.54. The number of nitrogens with two attached hydrogens (primary N) is 1. The Bertz CT molecular complexity index is 3810. The van der Waals surface area contributed by atoms with Gasteiger partial charge >= 0.3 is 6.09 Å². The molecule has 0 aliphatic carbocycles. The number of alkyl halides is 6. The van der Waals surface area contributed by atoms with Gasteiger partial charge in [-0.2, -0.15) is 25.5 Å². The number of ether oxygens (including phenoxy) is 1. The molecule has 440 valence electrons. The molecule has 0 radical (unpaired) electrons. The fraction of sp³-hybridized carbons (Fsp3) is 0.164. The number of rotatable bonds is 12. The van der Waals surface area contributed by atoms with Crippen LogP contribution >= 0.6 is 11.6 Å². The first-order chi connectivity index (χ1) is 41.2. The molecule has 1 amide bonds. The molecule has 31 heteroatoms. The predicted molar refractivity (Wildman–Crippen MR) is 299 cm³/mol. The molecule has 10 heterocycles. The number of pyridine rings is 5. The van der Waals surface area contributed by atoms with E-state index in [0.717, 1.165) is 11.1 Å². The topological polar surface area (TPSA) is 276 Å². The number of amides is 1. The van der Waals surface area contributed by atoms with E-state index < -0.39 is 31.0 Å². The van der Waals surface area contributed by atoms with Gasteiger partial charge in [-0.1, -0.05) is 41.9 Å². The fourth-order valence-electron chi connectivity index (χ4n) is 6.02. The van der Waals surface area contributed by atoms with Gasteiger partial charge in [0.15, 0.2) is 35.8 Å². The van der Waals surface area contributed by atoms with Gasteiger partial charge in [-0.25, -0.2) is 84.3 Å². The van der Waals surface area contributed by atoms with Crippen LogP contribution in [0.4, 0.5) is 48.2 Å². The van der Waals surface area contributed by atoms with Gasteiger partial charge < -0.3 is 15.8 Å². The van der Waals surface area contributed by atoms with E-state index in [1.54, 1.807) is 106 Å². The van der Waals surface area contributed by atoms with Crippen LogP contribution in [0.25, 0.3) is 37.8 Å². The lowest BCUT2D eigenvalue weighted by molar-refractivity contribution is 0.0523. The molecule has 0 bridgehead atoms. The first-order valence-corrected chi connectivity index (χ1v) is 24.8. The van der Waals surface area contributed by atoms with E-state index in [1.807, 2.05) is 0 Å². The van der Waals surface area contributed by atoms with E-state index in [4.69, 9.17) is 41.8 Å². The molecule has 4 N–H and O–H groups in total. The summed E-state index contributed by atoms with van der Waals surface area (Å²) in [6.45, 7) is 26.1. The highest BCUT2D eigenvalue weighted by molar-refractivity contribution is 6.29. The summed E-state index contributed by atoms with van der Waals surface area (Å²) < 4.78 is 84.6. The normalized spacial score (nSPS) is 10.3. The lowest BCUT2D eigenvalue weighted by Crippen LogP contribution is -2.32. The quantitative estimate of drug-likeness (QED) is 0.0444. The predicted octanol–water partition coefficient (Wildman–Crippen LogP) is 11.8. The molecule has 24 nitrogen and oxygen atoms in total. The number of hydrogen-bond donors (Lipinski definition) is 3. The molecule has 0 atom stereocenters. The van der Waals surface area contributed by atoms with Crippen LogP contribution in [0.5, 0.6) is 0 Å². The van der Waals surface area contributed by atoms with Crippen LogP contribution in [0.15, 0.2) is 153 Å². The molecule has 0 aromatic carbocycles. The van der Waals surface area contributed by atoms with Gasteiger partial charge in [-0.05, 0) is 92.6 Å². The first-order valence-electron chi connectivity index (χ1n) is 24.5. The SMILES string of the molecule is CC(C)(C)OC(=O)NCc1ccc(-n2ccc(C(F)F)n2)nc1.NCc1ccc(-n2ccc(C(F)F)n2)nc1.O=Cc1ccn[nH]1.[C-]#[N+]c1ccc(-n2ccc(C(F)F)n2)nc1.[C-]#[N+]c1ccc(-n2ccc(C=O)n2)nc1.[C-]#[N+]c1ccc(Cl)nc1. The van der Waals surface area contributed by atoms with Gasteiger partial charge in [0.25, 0.3) is 19.3 Å². The smallest absolute Gasteiger partial charge is 0.407 e. The number of nitrogens with zero attached hydrogens (tertiary/aromatic N) is 17. The number of carbonyl (C=O) groups excluding carboxylic acids is 3. The van der Waals surface area contributed by atoms with Crippen molar-refractivity contribution >= 4 is 47.3 Å². The number of nitrogens with one attached hydrogen (secondary N) is 2. The van der Waals surface area contributed by atoms with Gasteiger partial charge in [0, 0.05) is 75.1 Å². The van der Waals surface area contributed by atoms with Crippen LogP contribution < -0.4 is 11.1 Å². The second-order valence-corrected chi connectivity index (χ2v) is 17.8. The number of carbonyl (C=O) groups is 3. The van der Waals surface area contributed by atoms with Crippen LogP contribution in [-0.4, -0.2) is 98.5 Å². The standard InChI is InChI=1S/C15H18F2N4O2.C10H6F2N4.C10H10F2N4.C10H6N4O.C6H3ClN2.C4H4N2O/c1-15(2,3)23-14(22)19-9-10-4-5-12(18-8-10)21-7-6-11(20-21)13(16)17;1-13-7-2-3-9(14-6-7)16-5-4-8(15-16)10(11)12;11-10(12)8-3-4-16(15-8)9-2-1-7(5-13)6-14-9;1-11-8-2-3-10(12-6-8)14-5-4-9(7-15)13-14;1-8-5-2-3-6(7)9-4-5;7-3-4-1-2-5-6-4/h4-8,13H,9H2,1-3H3,(H,19,22);2-6,10H;1-4,6,10H,5,13H2;2-7H;2-4H;1-3H,(H,5,6). The largest absolute Gasteiger partial charge is 0.444 e. The van der Waals surface area contributed by atoms with Crippen LogP contribution in [0.2, 0.25) is 5.15 Å². The van der Waals surface area contributed by atoms with Crippen LogP contribution in [0.1, 0.15) is 89.2 Å². The molecule has 0 spiro atoms. The number of H-pyrrole nitrogens is 1. The molecule has 0 unspecified atom stereocenters. The summed E-state index contributed by atoms with van der Waals surface area (Å²) in [5.74, 6) is 1.89. The van der Waals surface area contributed by atoms with Crippen molar-refractivity contribution in [2.24, 2.45) is 5.73 Å². The molecule has 0 aliphatic heterocycles. The van der Waals surface area contributed by atoms with Gasteiger partial charge in [-0.15, -0.1) is 0 Å². The second-order valence-electron chi connectivity index (χ2n) is 17.4. The van der Waals surface area contributed by atoms with Crippen molar-refractivity contribution < 1.29 is 45.5 Å². The average molecular weight is 1200 g/mol. The van der Waals surface area contributed by atoms with Crippen molar-refractivity contribution in [1.29, 1.82) is 0 Å². The van der Waals surface area contributed by atoms with Gasteiger partial charge in [0.05, 0.1) is 25.4 Å². The Kier molecular flexibility index (Phi) is 25.1. The third-order valence-corrected chi connectivity index (χ3v) is 10.3. The fourth-order valence-corrected chi connectivity index (χ4v) is 6.13. The van der Waals surface area contributed by atoms with Crippen LogP contribution in [0.3, 0.4) is 0 Å². The third kappa shape index (κ3) is 21.6. The minimum atomic E-state index is -2.62. The maximum Gasteiger partial charge on any atom is 0.407 e. The van der Waals surface area contributed by atoms with E-state index in [9.17, 15) is 40.7 Å². The minimum absolute atomic E-state index is 0.254. The summed E-state index contributed by atoms with van der Waals surface area (Å²) >= 11 is 5.45. The molecule has 0 aliphatic rings. The first kappa shape index (κ1) is 65.5. The Morgan fingerprint density at radius 2 is 1.01 bits per heavy atom. The number of aromatic nitrogens is 15. The van der Waals surface area contributed by atoms with Crippen molar-refractivity contribution in [3.05, 3.63) is 232 Å². The second kappa shape index (κ2) is 33.0. The summed E-state index contributed by atoms with van der Waals surface area (Å²) in [5, 5.41) is 24.1. The van der Waals surface area contributed by atoms with Gasteiger partial charge in [-0.3, -0.25) is 19.7 Å². The van der Waals surface area contributed by atoms with Crippen molar-refractivity contribution in [2.45, 2.75) is 58.7 Å². The number of aldehydes is 2. The highest BCUT2D eigenvalue weighted by Crippen LogP contribution is 2.21. The van der Waals surface area contributed by atoms with Crippen LogP contribution in [0, 0.1) is 19.7 Å². The number of aromatic amines is 1. The molecule has 0 fully saturated rings. The zero-order valence-corrected chi connectivity index (χ0v) is 45.9. The van der Waals surface area contributed by atoms with E-state index in [-0.39, 0.29) is 23.6 Å². The van der Waals surface area contributed by atoms with Gasteiger partial charge in [0.1, 0.15) is 33.5 Å². The Labute approximate surface area is 490 Å². The van der Waals surface area contributed by atoms with Crippen molar-refractivity contribution in [3.8, 4) is 23.3 Å². The van der Waals surface area contributed by atoms with E-state index in [0.29, 0.717) is 76.0 Å². The highest BCUT2D eigenvalue weighted by atomic mass is 35.5. The van der Waals surface area contributed by atoms with Crippen molar-refractivity contribution in [3.63, 3.8) is 0 Å². The summed E-state index contributed by atoms with van der Waals surface area (Å²) in [6, 6.07) is 23.4. The molecule has 0 saturated carbocycles.